The van der Waals surface area contributed by atoms with Crippen molar-refractivity contribution in [1.29, 1.82) is 0 Å². The molecule has 0 saturated carbocycles. The van der Waals surface area contributed by atoms with E-state index in [1.54, 1.807) is 11.5 Å². The molecule has 104 valence electrons. The molecule has 0 amide bonds. The fourth-order valence-electron chi connectivity index (χ4n) is 2.00. The molecule has 18 heavy (non-hydrogen) atoms. The van der Waals surface area contributed by atoms with Gasteiger partial charge < -0.3 is 5.32 Å². The minimum atomic E-state index is 0.0840. The highest BCUT2D eigenvalue weighted by Crippen LogP contribution is 2.32. The predicted molar refractivity (Wildman–Crippen MR) is 79.2 cm³/mol. The van der Waals surface area contributed by atoms with Gasteiger partial charge in [-0.3, -0.25) is 0 Å². The van der Waals surface area contributed by atoms with Crippen molar-refractivity contribution >= 4 is 11.5 Å². The first-order valence-electron chi connectivity index (χ1n) is 7.06. The molecular weight excluding hydrogens is 242 g/mol. The summed E-state index contributed by atoms with van der Waals surface area (Å²) in [4.78, 5) is 1.34. The molecule has 4 heteroatoms. The normalized spacial score (nSPS) is 13.8. The lowest BCUT2D eigenvalue weighted by Crippen LogP contribution is -2.25. The molecule has 0 saturated heterocycles. The molecule has 1 aromatic heterocycles. The number of hydrogen-bond donors (Lipinski definition) is 1. The van der Waals surface area contributed by atoms with Crippen LogP contribution in [0.1, 0.15) is 76.9 Å². The van der Waals surface area contributed by atoms with E-state index in [0.717, 1.165) is 12.2 Å². The SMILES string of the molecule is CCCCC(NCCC)c1snnc1C(C)(C)C. The zero-order valence-electron chi connectivity index (χ0n) is 12.4. The average molecular weight is 269 g/mol. The Morgan fingerprint density at radius 2 is 1.94 bits per heavy atom. The van der Waals surface area contributed by atoms with Crippen molar-refractivity contribution in [2.75, 3.05) is 6.54 Å². The highest BCUT2D eigenvalue weighted by Gasteiger charge is 2.26. The second-order valence-electron chi connectivity index (χ2n) is 5.88. The Morgan fingerprint density at radius 1 is 1.22 bits per heavy atom. The van der Waals surface area contributed by atoms with Crippen LogP contribution in [0, 0.1) is 0 Å². The van der Waals surface area contributed by atoms with E-state index in [-0.39, 0.29) is 5.41 Å². The van der Waals surface area contributed by atoms with E-state index in [9.17, 15) is 0 Å². The van der Waals surface area contributed by atoms with E-state index >= 15 is 0 Å². The predicted octanol–water partition coefficient (Wildman–Crippen LogP) is 4.07. The van der Waals surface area contributed by atoms with Crippen LogP contribution in [0.15, 0.2) is 0 Å². The number of nitrogens with one attached hydrogen (secondary N) is 1. The summed E-state index contributed by atoms with van der Waals surface area (Å²) in [5.74, 6) is 0. The molecule has 0 aliphatic carbocycles. The van der Waals surface area contributed by atoms with E-state index in [2.05, 4.69) is 49.5 Å². The van der Waals surface area contributed by atoms with E-state index in [4.69, 9.17) is 0 Å². The Bertz CT molecular complexity index is 333. The van der Waals surface area contributed by atoms with Crippen molar-refractivity contribution in [3.8, 4) is 0 Å². The summed E-state index contributed by atoms with van der Waals surface area (Å²) in [6.45, 7) is 12.2. The molecule has 0 spiro atoms. The third-order valence-electron chi connectivity index (χ3n) is 3.03. The topological polar surface area (TPSA) is 37.8 Å². The summed E-state index contributed by atoms with van der Waals surface area (Å²) in [5, 5.41) is 8.00. The maximum absolute atomic E-state index is 4.35. The molecule has 3 nitrogen and oxygen atoms in total. The summed E-state index contributed by atoms with van der Waals surface area (Å²) >= 11 is 1.56. The molecule has 0 aliphatic rings. The maximum atomic E-state index is 4.35. The van der Waals surface area contributed by atoms with Crippen molar-refractivity contribution in [3.63, 3.8) is 0 Å². The molecule has 1 rings (SSSR count). The summed E-state index contributed by atoms with van der Waals surface area (Å²) in [6, 6.07) is 0.430. The van der Waals surface area contributed by atoms with Gasteiger partial charge in [-0.15, -0.1) is 5.10 Å². The molecule has 1 aromatic rings. The third kappa shape index (κ3) is 4.32. The lowest BCUT2D eigenvalue weighted by atomic mass is 9.89. The maximum Gasteiger partial charge on any atom is 0.0857 e. The molecule has 0 aromatic carbocycles. The number of unbranched alkanes of at least 4 members (excludes halogenated alkanes) is 1. The van der Waals surface area contributed by atoms with Gasteiger partial charge in [-0.25, -0.2) is 0 Å². The van der Waals surface area contributed by atoms with E-state index in [1.165, 1.54) is 30.6 Å². The van der Waals surface area contributed by atoms with Gasteiger partial charge in [0.2, 0.25) is 0 Å². The molecule has 0 radical (unpaired) electrons. The molecule has 0 bridgehead atoms. The Morgan fingerprint density at radius 3 is 2.50 bits per heavy atom. The summed E-state index contributed by atoms with van der Waals surface area (Å²) < 4.78 is 4.18. The van der Waals surface area contributed by atoms with Gasteiger partial charge in [0.1, 0.15) is 0 Å². The van der Waals surface area contributed by atoms with Gasteiger partial charge in [0.25, 0.3) is 0 Å². The van der Waals surface area contributed by atoms with Gasteiger partial charge >= 0.3 is 0 Å². The Balaban J connectivity index is 2.86. The monoisotopic (exact) mass is 269 g/mol. The van der Waals surface area contributed by atoms with Crippen LogP contribution in [0.5, 0.6) is 0 Å². The number of hydrogen-bond acceptors (Lipinski definition) is 4. The van der Waals surface area contributed by atoms with Crippen LogP contribution in [0.4, 0.5) is 0 Å². The standard InChI is InChI=1S/C14H27N3S/c1-6-8-9-11(15-10-7-2)12-13(14(3,4)5)16-17-18-12/h11,15H,6-10H2,1-5H3. The number of nitrogens with zero attached hydrogens (tertiary/aromatic N) is 2. The summed E-state index contributed by atoms with van der Waals surface area (Å²) in [7, 11) is 0. The molecule has 1 atom stereocenters. The fraction of sp³-hybridized carbons (Fsp3) is 0.857. The minimum absolute atomic E-state index is 0.0840. The van der Waals surface area contributed by atoms with Gasteiger partial charge in [-0.1, -0.05) is 51.9 Å². The molecule has 1 N–H and O–H groups in total. The highest BCUT2D eigenvalue weighted by molar-refractivity contribution is 7.05. The zero-order valence-corrected chi connectivity index (χ0v) is 13.2. The fourth-order valence-corrected chi connectivity index (χ4v) is 2.97. The van der Waals surface area contributed by atoms with Gasteiger partial charge in [-0.2, -0.15) is 0 Å². The first-order valence-corrected chi connectivity index (χ1v) is 7.84. The average Bonchev–Trinajstić information content (AvgIpc) is 2.78. The zero-order chi connectivity index (χ0) is 13.6. The van der Waals surface area contributed by atoms with E-state index in [0.29, 0.717) is 6.04 Å². The van der Waals surface area contributed by atoms with Crippen LogP contribution < -0.4 is 5.32 Å². The molecule has 0 aliphatic heterocycles. The van der Waals surface area contributed by atoms with Crippen LogP contribution in [0.25, 0.3) is 0 Å². The van der Waals surface area contributed by atoms with Crippen LogP contribution in [-0.4, -0.2) is 16.1 Å². The van der Waals surface area contributed by atoms with Crippen LogP contribution in [0.2, 0.25) is 0 Å². The van der Waals surface area contributed by atoms with Gasteiger partial charge in [0.15, 0.2) is 0 Å². The summed E-state index contributed by atoms with van der Waals surface area (Å²) in [6.07, 6.45) is 4.84. The first-order chi connectivity index (χ1) is 8.50. The van der Waals surface area contributed by atoms with Gasteiger partial charge in [0.05, 0.1) is 10.6 Å². The minimum Gasteiger partial charge on any atom is -0.309 e. The van der Waals surface area contributed by atoms with Gasteiger partial charge in [0, 0.05) is 11.5 Å². The molecule has 1 unspecified atom stereocenters. The first kappa shape index (κ1) is 15.6. The number of rotatable bonds is 7. The number of aromatic nitrogens is 2. The van der Waals surface area contributed by atoms with Crippen molar-refractivity contribution in [2.45, 2.75) is 71.8 Å². The van der Waals surface area contributed by atoms with E-state index < -0.39 is 0 Å². The summed E-state index contributed by atoms with van der Waals surface area (Å²) in [5.41, 5.74) is 1.25. The lowest BCUT2D eigenvalue weighted by Gasteiger charge is -2.22. The van der Waals surface area contributed by atoms with E-state index in [1.807, 2.05) is 0 Å². The molecule has 1 heterocycles. The molecular formula is C14H27N3S. The van der Waals surface area contributed by atoms with Crippen molar-refractivity contribution in [2.24, 2.45) is 0 Å². The lowest BCUT2D eigenvalue weighted by molar-refractivity contribution is 0.469. The molecule has 0 fully saturated rings. The Kier molecular flexibility index (Phi) is 6.22. The Labute approximate surface area is 116 Å². The van der Waals surface area contributed by atoms with Crippen molar-refractivity contribution < 1.29 is 0 Å². The van der Waals surface area contributed by atoms with Crippen LogP contribution in [0.3, 0.4) is 0 Å². The third-order valence-corrected chi connectivity index (χ3v) is 3.87. The van der Waals surface area contributed by atoms with Crippen molar-refractivity contribution in [1.82, 2.24) is 14.9 Å². The second-order valence-corrected chi connectivity index (χ2v) is 6.67. The van der Waals surface area contributed by atoms with Crippen molar-refractivity contribution in [3.05, 3.63) is 10.6 Å². The largest absolute Gasteiger partial charge is 0.309 e. The second kappa shape index (κ2) is 7.19. The van der Waals surface area contributed by atoms with Crippen LogP contribution >= 0.6 is 11.5 Å². The highest BCUT2D eigenvalue weighted by atomic mass is 32.1. The Hall–Kier alpha value is -0.480. The smallest absolute Gasteiger partial charge is 0.0857 e. The van der Waals surface area contributed by atoms with Crippen LogP contribution in [-0.2, 0) is 5.41 Å². The quantitative estimate of drug-likeness (QED) is 0.811. The van der Waals surface area contributed by atoms with Gasteiger partial charge in [-0.05, 0) is 30.9 Å².